The molecule has 2 heterocycles. The summed E-state index contributed by atoms with van der Waals surface area (Å²) in [6.45, 7) is 1.76. The number of nitrogens with two attached hydrogens (primary N) is 2. The number of aromatic nitrogens is 4. The van der Waals surface area contributed by atoms with Crippen LogP contribution < -0.4 is 11.5 Å². The van der Waals surface area contributed by atoms with Crippen LogP contribution in [-0.2, 0) is 6.18 Å². The quantitative estimate of drug-likeness (QED) is 0.520. The molecule has 0 aliphatic rings. The minimum absolute atomic E-state index is 0.0616. The average Bonchev–Trinajstić information content (AvgIpc) is 3.03. The van der Waals surface area contributed by atoms with E-state index in [2.05, 4.69) is 20.1 Å². The molecule has 1 atom stereocenters. The molecule has 0 saturated heterocycles. The van der Waals surface area contributed by atoms with Gasteiger partial charge < -0.3 is 16.0 Å². The van der Waals surface area contributed by atoms with E-state index in [0.717, 1.165) is 12.1 Å². The summed E-state index contributed by atoms with van der Waals surface area (Å²) in [4.78, 5) is 12.2. The summed E-state index contributed by atoms with van der Waals surface area (Å²) in [7, 11) is 0. The van der Waals surface area contributed by atoms with E-state index < -0.39 is 11.7 Å². The van der Waals surface area contributed by atoms with Crippen LogP contribution in [0.15, 0.2) is 40.0 Å². The number of nitrogen functional groups attached to an aromatic ring is 2. The topological polar surface area (TPSA) is 117 Å². The Hall–Kier alpha value is -2.82. The lowest BCUT2D eigenvalue weighted by Gasteiger charge is -2.07. The van der Waals surface area contributed by atoms with Crippen molar-refractivity contribution < 1.29 is 17.7 Å². The number of hydrogen-bond donors (Lipinski definition) is 2. The number of rotatable bonds is 4. The Morgan fingerprint density at radius 3 is 2.42 bits per heavy atom. The first-order valence-corrected chi connectivity index (χ1v) is 8.18. The number of hydrogen-bond acceptors (Lipinski definition) is 8. The van der Waals surface area contributed by atoms with Crippen LogP contribution in [0.2, 0.25) is 0 Å². The summed E-state index contributed by atoms with van der Waals surface area (Å²) >= 11 is 1.18. The van der Waals surface area contributed by atoms with E-state index in [1.807, 2.05) is 0 Å². The summed E-state index contributed by atoms with van der Waals surface area (Å²) in [6.07, 6.45) is -4.45. The average molecular weight is 382 g/mol. The highest BCUT2D eigenvalue weighted by molar-refractivity contribution is 7.99. The van der Waals surface area contributed by atoms with Gasteiger partial charge in [0.2, 0.25) is 11.7 Å². The third-order valence-corrected chi connectivity index (χ3v) is 4.21. The molecule has 0 amide bonds. The number of halogens is 3. The molecule has 7 nitrogen and oxygen atoms in total. The van der Waals surface area contributed by atoms with Gasteiger partial charge in [-0.1, -0.05) is 29.1 Å². The van der Waals surface area contributed by atoms with Crippen LogP contribution in [0, 0.1) is 0 Å². The van der Waals surface area contributed by atoms with Gasteiger partial charge in [-0.15, -0.1) is 0 Å². The van der Waals surface area contributed by atoms with E-state index in [-0.39, 0.29) is 34.2 Å². The molecule has 0 spiro atoms. The first-order valence-electron chi connectivity index (χ1n) is 7.30. The van der Waals surface area contributed by atoms with Crippen molar-refractivity contribution in [2.24, 2.45) is 0 Å². The van der Waals surface area contributed by atoms with Gasteiger partial charge in [0, 0.05) is 11.6 Å². The van der Waals surface area contributed by atoms with Gasteiger partial charge in [0.15, 0.2) is 5.16 Å². The SMILES string of the molecule is CC(Sc1nc(N)cc(N)n1)c1nc(-c2cccc(C(F)(F)F)c2)no1. The van der Waals surface area contributed by atoms with Crippen LogP contribution in [0.3, 0.4) is 0 Å². The van der Waals surface area contributed by atoms with Gasteiger partial charge in [-0.2, -0.15) is 18.2 Å². The largest absolute Gasteiger partial charge is 0.416 e. The molecule has 2 aromatic heterocycles. The van der Waals surface area contributed by atoms with Gasteiger partial charge in [-0.3, -0.25) is 0 Å². The van der Waals surface area contributed by atoms with Crippen molar-refractivity contribution in [3.05, 3.63) is 41.8 Å². The standard InChI is InChI=1S/C15H13F3N6OS/c1-7(26-14-21-10(19)6-11(20)22-14)13-23-12(24-25-13)8-3-2-4-9(5-8)15(16,17)18/h2-7H,1H3,(H4,19,20,21,22). The Morgan fingerprint density at radius 1 is 1.08 bits per heavy atom. The van der Waals surface area contributed by atoms with Crippen molar-refractivity contribution in [1.29, 1.82) is 0 Å². The van der Waals surface area contributed by atoms with Crippen LogP contribution in [-0.4, -0.2) is 20.1 Å². The molecular weight excluding hydrogens is 369 g/mol. The second-order valence-electron chi connectivity index (χ2n) is 5.30. The maximum absolute atomic E-state index is 12.8. The Bertz CT molecular complexity index is 909. The molecule has 0 aliphatic heterocycles. The van der Waals surface area contributed by atoms with Gasteiger partial charge in [0.1, 0.15) is 11.6 Å². The summed E-state index contributed by atoms with van der Waals surface area (Å²) < 4.78 is 43.6. The third kappa shape index (κ3) is 4.04. The minimum Gasteiger partial charge on any atom is -0.383 e. The highest BCUT2D eigenvalue weighted by atomic mass is 32.2. The van der Waals surface area contributed by atoms with Crippen molar-refractivity contribution in [2.75, 3.05) is 11.5 Å². The first-order chi connectivity index (χ1) is 12.2. The Labute approximate surface area is 150 Å². The number of alkyl halides is 3. The van der Waals surface area contributed by atoms with Gasteiger partial charge >= 0.3 is 6.18 Å². The molecule has 136 valence electrons. The molecule has 4 N–H and O–H groups in total. The maximum Gasteiger partial charge on any atom is 0.416 e. The highest BCUT2D eigenvalue weighted by Gasteiger charge is 2.31. The van der Waals surface area contributed by atoms with Gasteiger partial charge in [0.25, 0.3) is 0 Å². The molecule has 0 fully saturated rings. The van der Waals surface area contributed by atoms with E-state index in [9.17, 15) is 13.2 Å². The van der Waals surface area contributed by atoms with Gasteiger partial charge in [0.05, 0.1) is 10.8 Å². The fourth-order valence-corrected chi connectivity index (χ4v) is 2.90. The summed E-state index contributed by atoms with van der Waals surface area (Å²) in [5, 5.41) is 3.72. The zero-order chi connectivity index (χ0) is 18.9. The maximum atomic E-state index is 12.8. The number of thioether (sulfide) groups is 1. The lowest BCUT2D eigenvalue weighted by Crippen LogP contribution is -2.04. The lowest BCUT2D eigenvalue weighted by molar-refractivity contribution is -0.137. The van der Waals surface area contributed by atoms with Crippen molar-refractivity contribution in [1.82, 2.24) is 20.1 Å². The van der Waals surface area contributed by atoms with Crippen LogP contribution in [0.4, 0.5) is 24.8 Å². The van der Waals surface area contributed by atoms with E-state index in [4.69, 9.17) is 16.0 Å². The highest BCUT2D eigenvalue weighted by Crippen LogP contribution is 2.35. The van der Waals surface area contributed by atoms with Crippen LogP contribution in [0.25, 0.3) is 11.4 Å². The summed E-state index contributed by atoms with van der Waals surface area (Å²) in [6, 6.07) is 6.13. The smallest absolute Gasteiger partial charge is 0.383 e. The summed E-state index contributed by atoms with van der Waals surface area (Å²) in [5.74, 6) is 0.725. The third-order valence-electron chi connectivity index (χ3n) is 3.27. The molecule has 1 aromatic carbocycles. The predicted molar refractivity (Wildman–Crippen MR) is 89.9 cm³/mol. The van der Waals surface area contributed by atoms with E-state index in [1.165, 1.54) is 30.0 Å². The van der Waals surface area contributed by atoms with Crippen LogP contribution in [0.1, 0.15) is 23.6 Å². The second-order valence-corrected chi connectivity index (χ2v) is 6.60. The number of anilines is 2. The molecular formula is C15H13F3N6OS. The molecule has 3 rings (SSSR count). The minimum atomic E-state index is -4.45. The zero-order valence-electron chi connectivity index (χ0n) is 13.4. The number of benzene rings is 1. The molecule has 26 heavy (non-hydrogen) atoms. The van der Waals surface area contributed by atoms with Crippen molar-refractivity contribution in [2.45, 2.75) is 23.5 Å². The Balaban J connectivity index is 1.81. The monoisotopic (exact) mass is 382 g/mol. The Kier molecular flexibility index (Phi) is 4.72. The normalized spacial score (nSPS) is 12.9. The zero-order valence-corrected chi connectivity index (χ0v) is 14.2. The molecule has 11 heteroatoms. The molecule has 0 saturated carbocycles. The molecule has 3 aromatic rings. The van der Waals surface area contributed by atoms with E-state index in [1.54, 1.807) is 6.92 Å². The Morgan fingerprint density at radius 2 is 1.77 bits per heavy atom. The lowest BCUT2D eigenvalue weighted by atomic mass is 10.1. The molecule has 0 bridgehead atoms. The predicted octanol–water partition coefficient (Wildman–Crippen LogP) is 3.56. The molecule has 0 radical (unpaired) electrons. The fourth-order valence-electron chi connectivity index (χ4n) is 2.08. The van der Waals surface area contributed by atoms with Gasteiger partial charge in [-0.25, -0.2) is 9.97 Å². The van der Waals surface area contributed by atoms with Crippen molar-refractivity contribution in [3.8, 4) is 11.4 Å². The summed E-state index contributed by atoms with van der Waals surface area (Å²) in [5.41, 5.74) is 10.7. The molecule has 0 aliphatic carbocycles. The number of nitrogens with zero attached hydrogens (tertiary/aromatic N) is 4. The fraction of sp³-hybridized carbons (Fsp3) is 0.200. The first kappa shape index (κ1) is 18.0. The van der Waals surface area contributed by atoms with Crippen LogP contribution in [0.5, 0.6) is 0 Å². The van der Waals surface area contributed by atoms with E-state index >= 15 is 0 Å². The van der Waals surface area contributed by atoms with Crippen LogP contribution >= 0.6 is 11.8 Å². The van der Waals surface area contributed by atoms with Crippen molar-refractivity contribution >= 4 is 23.4 Å². The second kappa shape index (κ2) is 6.83. The molecule has 1 unspecified atom stereocenters. The van der Waals surface area contributed by atoms with Crippen molar-refractivity contribution in [3.63, 3.8) is 0 Å². The van der Waals surface area contributed by atoms with E-state index in [0.29, 0.717) is 5.16 Å². The van der Waals surface area contributed by atoms with Gasteiger partial charge in [-0.05, 0) is 19.1 Å².